The molecule has 2 amide bonds. The Balaban J connectivity index is 1.35. The van der Waals surface area contributed by atoms with Gasteiger partial charge in [-0.1, -0.05) is 80.9 Å². The van der Waals surface area contributed by atoms with E-state index in [0.717, 1.165) is 18.7 Å². The van der Waals surface area contributed by atoms with E-state index in [9.17, 15) is 14.0 Å². The summed E-state index contributed by atoms with van der Waals surface area (Å²) in [5.74, 6) is 0.553. The molecule has 2 N–H and O–H groups in total. The minimum Gasteiger partial charge on any atom is -0.492 e. The van der Waals surface area contributed by atoms with Crippen LogP contribution in [0.15, 0.2) is 91.0 Å². The number of nitrogens with one attached hydrogen (secondary N) is 2. The second-order valence-electron chi connectivity index (χ2n) is 13.8. The van der Waals surface area contributed by atoms with E-state index >= 15 is 0 Å². The molecule has 0 fully saturated rings. The highest BCUT2D eigenvalue weighted by Crippen LogP contribution is 2.45. The van der Waals surface area contributed by atoms with Gasteiger partial charge in [0.2, 0.25) is 5.91 Å². The summed E-state index contributed by atoms with van der Waals surface area (Å²) in [7, 11) is 1.56. The van der Waals surface area contributed by atoms with Crippen LogP contribution in [-0.4, -0.2) is 57.9 Å². The molecule has 0 saturated carbocycles. The minimum absolute atomic E-state index is 0.0262. The van der Waals surface area contributed by atoms with Gasteiger partial charge < -0.3 is 34.5 Å². The molecule has 4 aromatic rings. The van der Waals surface area contributed by atoms with Gasteiger partial charge in [-0.2, -0.15) is 0 Å². The second-order valence-corrected chi connectivity index (χ2v) is 14.2. The number of amides is 2. The van der Waals surface area contributed by atoms with Gasteiger partial charge in [-0.05, 0) is 60.8 Å². The van der Waals surface area contributed by atoms with Gasteiger partial charge in [-0.15, -0.1) is 0 Å². The molecule has 0 radical (unpaired) electrons. The van der Waals surface area contributed by atoms with Crippen LogP contribution in [0.4, 0.5) is 10.1 Å². The van der Waals surface area contributed by atoms with Crippen molar-refractivity contribution in [1.29, 1.82) is 0 Å². The van der Waals surface area contributed by atoms with E-state index in [4.69, 9.17) is 30.5 Å². The van der Waals surface area contributed by atoms with Crippen LogP contribution in [0.3, 0.4) is 0 Å². The van der Waals surface area contributed by atoms with E-state index in [-0.39, 0.29) is 24.3 Å². The lowest BCUT2D eigenvalue weighted by Gasteiger charge is -2.31. The maximum absolute atomic E-state index is 14.3. The third-order valence-corrected chi connectivity index (χ3v) is 8.62. The smallest absolute Gasteiger partial charge is 0.256 e. The first-order valence-electron chi connectivity index (χ1n) is 17.5. The molecule has 0 saturated heterocycles. The Morgan fingerprint density at radius 1 is 0.923 bits per heavy atom. The maximum atomic E-state index is 14.3. The molecule has 0 aromatic heterocycles. The Bertz CT molecular complexity index is 1800. The van der Waals surface area contributed by atoms with Crippen LogP contribution in [0.25, 0.3) is 0 Å². The second kappa shape index (κ2) is 18.2. The Morgan fingerprint density at radius 2 is 1.69 bits per heavy atom. The van der Waals surface area contributed by atoms with Gasteiger partial charge in [0.05, 0.1) is 20.1 Å². The van der Waals surface area contributed by atoms with E-state index in [1.165, 1.54) is 6.07 Å². The largest absolute Gasteiger partial charge is 0.492 e. The number of hydrogen-bond donors (Lipinski definition) is 2. The Morgan fingerprint density at radius 3 is 2.44 bits per heavy atom. The van der Waals surface area contributed by atoms with Crippen molar-refractivity contribution in [1.82, 2.24) is 10.6 Å². The number of ether oxygens (including phenoxy) is 4. The first kappa shape index (κ1) is 38.6. The van der Waals surface area contributed by atoms with E-state index in [1.54, 1.807) is 42.3 Å². The van der Waals surface area contributed by atoms with Crippen LogP contribution in [0.2, 0.25) is 5.02 Å². The van der Waals surface area contributed by atoms with Crippen molar-refractivity contribution in [2.24, 2.45) is 5.41 Å². The molecule has 1 heterocycles. The fraction of sp³-hybridized carbons (Fsp3) is 0.366. The number of methoxy groups -OCH3 is 1. The molecule has 276 valence electrons. The lowest BCUT2D eigenvalue weighted by molar-refractivity contribution is -0.138. The number of carbonyl (C=O) groups is 2. The number of fused-ring (bicyclic) bond motifs is 1. The molecule has 1 aliphatic heterocycles. The summed E-state index contributed by atoms with van der Waals surface area (Å²) in [6.07, 6.45) is -1.58. The minimum atomic E-state index is -1.18. The van der Waals surface area contributed by atoms with Gasteiger partial charge in [0, 0.05) is 47.0 Å². The zero-order valence-corrected chi connectivity index (χ0v) is 30.9. The van der Waals surface area contributed by atoms with Gasteiger partial charge in [-0.25, -0.2) is 4.39 Å². The van der Waals surface area contributed by atoms with Crippen molar-refractivity contribution in [2.45, 2.75) is 52.4 Å². The lowest BCUT2D eigenvalue weighted by Crippen LogP contribution is -2.45. The molecular weight excluding hydrogens is 685 g/mol. The number of benzene rings is 4. The summed E-state index contributed by atoms with van der Waals surface area (Å²) in [5, 5.41) is 6.58. The number of anilines is 1. The van der Waals surface area contributed by atoms with Gasteiger partial charge in [0.25, 0.3) is 5.91 Å². The van der Waals surface area contributed by atoms with Crippen LogP contribution in [0.1, 0.15) is 56.4 Å². The van der Waals surface area contributed by atoms with Gasteiger partial charge >= 0.3 is 0 Å². The van der Waals surface area contributed by atoms with Crippen molar-refractivity contribution < 1.29 is 32.9 Å². The summed E-state index contributed by atoms with van der Waals surface area (Å²) in [5.41, 5.74) is 1.93. The predicted molar refractivity (Wildman–Crippen MR) is 201 cm³/mol. The number of para-hydroxylation sites is 2. The van der Waals surface area contributed by atoms with Crippen LogP contribution >= 0.6 is 11.6 Å². The van der Waals surface area contributed by atoms with E-state index in [0.29, 0.717) is 65.2 Å². The third-order valence-electron chi connectivity index (χ3n) is 8.38. The fourth-order valence-electron chi connectivity index (χ4n) is 5.99. The molecule has 9 nitrogen and oxygen atoms in total. The van der Waals surface area contributed by atoms with Crippen LogP contribution in [-0.2, 0) is 20.9 Å². The monoisotopic (exact) mass is 731 g/mol. The molecular formula is C41H47ClFN3O6. The highest BCUT2D eigenvalue weighted by Gasteiger charge is 2.40. The number of halogens is 2. The molecule has 1 aliphatic rings. The van der Waals surface area contributed by atoms with Crippen molar-refractivity contribution in [3.05, 3.63) is 119 Å². The molecule has 0 unspecified atom stereocenters. The number of carbonyl (C=O) groups excluding carboxylic acids is 2. The van der Waals surface area contributed by atoms with E-state index in [1.807, 2.05) is 75.4 Å². The standard InChI is InChI=1S/C41H47ClFN3O6/c1-41(2,3)27-46-34-19-18-29(42)24-32(34)38(52-36(40(46)48)25-37(47)45-26-28-12-8-9-16-33(28)43)31-15-10-17-35(39(31)49-4)51-22-11-20-44-21-23-50-30-13-6-5-7-14-30/h5-10,12-19,24,36,38,44H,11,20-23,25-27H2,1-4H3,(H,45,47)/t36-,38-/m1/s1. The molecule has 5 rings (SSSR count). The van der Waals surface area contributed by atoms with Crippen LogP contribution in [0.5, 0.6) is 17.2 Å². The summed E-state index contributed by atoms with van der Waals surface area (Å²) >= 11 is 6.58. The number of rotatable bonds is 16. The summed E-state index contributed by atoms with van der Waals surface area (Å²) < 4.78 is 38.8. The number of hydrogen-bond acceptors (Lipinski definition) is 7. The maximum Gasteiger partial charge on any atom is 0.256 e. The molecule has 2 atom stereocenters. The Hall–Kier alpha value is -4.64. The molecule has 52 heavy (non-hydrogen) atoms. The molecule has 0 spiro atoms. The molecule has 0 bridgehead atoms. The number of nitrogens with zero attached hydrogens (tertiary/aromatic N) is 1. The topological polar surface area (TPSA) is 98.4 Å². The first-order chi connectivity index (χ1) is 25.0. The average molecular weight is 732 g/mol. The highest BCUT2D eigenvalue weighted by molar-refractivity contribution is 6.30. The Labute approximate surface area is 310 Å². The molecule has 4 aromatic carbocycles. The first-order valence-corrected chi connectivity index (χ1v) is 17.9. The average Bonchev–Trinajstić information content (AvgIpc) is 3.22. The molecule has 11 heteroatoms. The SMILES string of the molecule is COc1c(OCCCNCCOc2ccccc2)cccc1[C@H]1O[C@H](CC(=O)NCc2ccccc2F)C(=O)N(CC(C)(C)C)c2ccc(Cl)cc21. The quantitative estimate of drug-likeness (QED) is 0.115. The van der Waals surface area contributed by atoms with Crippen molar-refractivity contribution in [2.75, 3.05) is 44.9 Å². The van der Waals surface area contributed by atoms with Crippen LogP contribution in [0, 0.1) is 11.2 Å². The predicted octanol–water partition coefficient (Wildman–Crippen LogP) is 7.50. The van der Waals surface area contributed by atoms with Crippen molar-refractivity contribution in [3.63, 3.8) is 0 Å². The zero-order chi connectivity index (χ0) is 37.1. The van der Waals surface area contributed by atoms with Crippen molar-refractivity contribution in [3.8, 4) is 17.2 Å². The Kier molecular flexibility index (Phi) is 13.5. The summed E-state index contributed by atoms with van der Waals surface area (Å²) in [4.78, 5) is 29.3. The normalized spacial score (nSPS) is 15.8. The summed E-state index contributed by atoms with van der Waals surface area (Å²) in [6.45, 7) is 8.83. The van der Waals surface area contributed by atoms with Gasteiger partial charge in [0.15, 0.2) is 11.5 Å². The highest BCUT2D eigenvalue weighted by atomic mass is 35.5. The molecule has 0 aliphatic carbocycles. The van der Waals surface area contributed by atoms with Crippen LogP contribution < -0.4 is 29.7 Å². The van der Waals surface area contributed by atoms with E-state index in [2.05, 4.69) is 10.6 Å². The summed E-state index contributed by atoms with van der Waals surface area (Å²) in [6, 6.07) is 26.8. The third kappa shape index (κ3) is 10.5. The van der Waals surface area contributed by atoms with E-state index < -0.39 is 23.9 Å². The lowest BCUT2D eigenvalue weighted by atomic mass is 9.94. The fourth-order valence-corrected chi connectivity index (χ4v) is 6.17. The zero-order valence-electron chi connectivity index (χ0n) is 30.1. The van der Waals surface area contributed by atoms with Crippen molar-refractivity contribution >= 4 is 29.1 Å². The van der Waals surface area contributed by atoms with Gasteiger partial charge in [-0.3, -0.25) is 9.59 Å². The van der Waals surface area contributed by atoms with Gasteiger partial charge in [0.1, 0.15) is 30.4 Å².